The average Bonchev–Trinajstić information content (AvgIpc) is 3.33. The molecule has 8 rings (SSSR count). The average molecular weight is 679 g/mol. The molecular formula is C41H31BO9. The Hall–Kier alpha value is -6.52. The maximum absolute atomic E-state index is 11.9. The second-order valence-electron chi connectivity index (χ2n) is 12.7. The highest BCUT2D eigenvalue weighted by Crippen LogP contribution is 2.53. The first kappa shape index (κ1) is 31.7. The minimum atomic E-state index is -1.83. The summed E-state index contributed by atoms with van der Waals surface area (Å²) in [6.07, 6.45) is 6.61. The second-order valence-corrected chi connectivity index (χ2v) is 12.7. The van der Waals surface area contributed by atoms with Gasteiger partial charge < -0.3 is 45.3 Å². The number of benzene rings is 5. The van der Waals surface area contributed by atoms with Crippen LogP contribution in [-0.4, -0.2) is 54.8 Å². The Bertz CT molecular complexity index is 2640. The number of allylic oxidation sites excluding steroid dienone is 4. The Morgan fingerprint density at radius 1 is 0.647 bits per heavy atom. The normalized spacial score (nSPS) is 20.3. The van der Waals surface area contributed by atoms with E-state index in [1.54, 1.807) is 0 Å². The topological polar surface area (TPSA) is 175 Å². The molecule has 6 aromatic rings. The summed E-state index contributed by atoms with van der Waals surface area (Å²) >= 11 is 0. The molecule has 0 aliphatic heterocycles. The van der Waals surface area contributed by atoms with Gasteiger partial charge in [-0.1, -0.05) is 72.8 Å². The Kier molecular flexibility index (Phi) is 7.36. The van der Waals surface area contributed by atoms with Crippen LogP contribution in [0, 0.1) is 0 Å². The van der Waals surface area contributed by atoms with Crippen LogP contribution in [0.25, 0.3) is 66.6 Å². The number of furan rings is 1. The standard InChI is InChI=1S/C41H31BO9/c42-35-38(47)34(33(39(48)40(35)49)27-17-20(43)18-28(44)37(46)41(50)36(27)45)32-25-10-3-1-2-9-23(25)31(24-11-4-5-12-26(24)32)19-14-15-22-21-8-6-7-13-29(21)51-30(22)16-19/h1-8,10-16,18,28,43-50H,9,17,42H2/b20-18+,36-27-,41-37-. The van der Waals surface area contributed by atoms with Crippen LogP contribution in [0.2, 0.25) is 0 Å². The summed E-state index contributed by atoms with van der Waals surface area (Å²) in [6, 6.07) is 21.5. The van der Waals surface area contributed by atoms with Crippen LogP contribution in [0.5, 0.6) is 17.2 Å². The predicted octanol–water partition coefficient (Wildman–Crippen LogP) is 7.38. The Labute approximate surface area is 291 Å². The molecule has 1 unspecified atom stereocenters. The van der Waals surface area contributed by atoms with E-state index < -0.39 is 52.8 Å². The molecular weight excluding hydrogens is 647 g/mol. The second kappa shape index (κ2) is 11.8. The number of fused-ring (bicyclic) bond motifs is 5. The zero-order valence-corrected chi connectivity index (χ0v) is 27.2. The van der Waals surface area contributed by atoms with Crippen molar-refractivity contribution in [2.75, 3.05) is 0 Å². The van der Waals surface area contributed by atoms with E-state index in [4.69, 9.17) is 4.42 Å². The van der Waals surface area contributed by atoms with E-state index >= 15 is 0 Å². The zero-order valence-electron chi connectivity index (χ0n) is 27.2. The monoisotopic (exact) mass is 678 g/mol. The number of para-hydroxylation sites is 1. The molecule has 1 atom stereocenters. The van der Waals surface area contributed by atoms with Crippen molar-refractivity contribution in [1.29, 1.82) is 0 Å². The number of aliphatic hydroxyl groups is 5. The number of phenolic OH excluding ortho intramolecular Hbond substituents is 3. The van der Waals surface area contributed by atoms with Gasteiger partial charge in [-0.15, -0.1) is 0 Å². The molecule has 2 aliphatic carbocycles. The van der Waals surface area contributed by atoms with Gasteiger partial charge in [0.1, 0.15) is 30.9 Å². The van der Waals surface area contributed by atoms with Gasteiger partial charge in [-0.3, -0.25) is 0 Å². The lowest BCUT2D eigenvalue weighted by molar-refractivity contribution is 0.166. The van der Waals surface area contributed by atoms with Gasteiger partial charge in [0, 0.05) is 39.5 Å². The third-order valence-corrected chi connectivity index (χ3v) is 9.81. The molecule has 0 saturated carbocycles. The number of phenols is 3. The highest BCUT2D eigenvalue weighted by Gasteiger charge is 2.33. The first-order chi connectivity index (χ1) is 24.6. The minimum absolute atomic E-state index is 0.00356. The Morgan fingerprint density at radius 3 is 2.10 bits per heavy atom. The van der Waals surface area contributed by atoms with Crippen LogP contribution < -0.4 is 5.46 Å². The van der Waals surface area contributed by atoms with E-state index in [0.29, 0.717) is 22.9 Å². The smallest absolute Gasteiger partial charge is 0.199 e. The van der Waals surface area contributed by atoms with E-state index in [-0.39, 0.29) is 22.2 Å². The van der Waals surface area contributed by atoms with E-state index in [9.17, 15) is 40.9 Å². The van der Waals surface area contributed by atoms with E-state index in [0.717, 1.165) is 50.1 Å². The summed E-state index contributed by atoms with van der Waals surface area (Å²) < 4.78 is 6.26. The molecule has 0 amide bonds. The molecule has 0 spiro atoms. The molecule has 1 heterocycles. The number of hydrogen-bond acceptors (Lipinski definition) is 9. The maximum atomic E-state index is 11.9. The fraction of sp³-hybridized carbons (Fsp3) is 0.0732. The highest BCUT2D eigenvalue weighted by molar-refractivity contribution is 6.38. The SMILES string of the molecule is Bc1c(O)c(O)c(/C2=C(O)/C(O)=C(/O)C(O)/C=C(/O)C2)c(-c2c3c(c(-c4ccc5c(c4)oc4ccccc45)c4ccccc24)CC=CC=C3)c1O. The third-order valence-electron chi connectivity index (χ3n) is 9.81. The number of aromatic hydroxyl groups is 3. The van der Waals surface area contributed by atoms with Crippen molar-refractivity contribution in [2.45, 2.75) is 18.9 Å². The van der Waals surface area contributed by atoms with Crippen LogP contribution in [0.1, 0.15) is 23.1 Å². The molecule has 0 bridgehead atoms. The molecule has 0 radical (unpaired) electrons. The molecule has 252 valence electrons. The maximum Gasteiger partial charge on any atom is 0.199 e. The van der Waals surface area contributed by atoms with Crippen molar-refractivity contribution in [2.24, 2.45) is 0 Å². The predicted molar refractivity (Wildman–Crippen MR) is 200 cm³/mol. The molecule has 5 aromatic carbocycles. The first-order valence-corrected chi connectivity index (χ1v) is 16.3. The molecule has 0 fully saturated rings. The van der Waals surface area contributed by atoms with Gasteiger partial charge >= 0.3 is 0 Å². The summed E-state index contributed by atoms with van der Waals surface area (Å²) in [4.78, 5) is 0. The summed E-state index contributed by atoms with van der Waals surface area (Å²) in [7, 11) is 1.43. The molecule has 2 aliphatic rings. The fourth-order valence-electron chi connectivity index (χ4n) is 7.37. The molecule has 0 saturated heterocycles. The molecule has 51 heavy (non-hydrogen) atoms. The highest BCUT2D eigenvalue weighted by atomic mass is 16.4. The van der Waals surface area contributed by atoms with Crippen molar-refractivity contribution >= 4 is 57.7 Å². The number of aliphatic hydroxyl groups excluding tert-OH is 5. The molecule has 10 heteroatoms. The van der Waals surface area contributed by atoms with Gasteiger partial charge in [-0.05, 0) is 69.2 Å². The molecule has 1 aromatic heterocycles. The van der Waals surface area contributed by atoms with Crippen molar-refractivity contribution in [3.8, 4) is 39.5 Å². The molecule has 8 N–H and O–H groups in total. The van der Waals surface area contributed by atoms with Crippen LogP contribution in [0.3, 0.4) is 0 Å². The minimum Gasteiger partial charge on any atom is -0.512 e. The van der Waals surface area contributed by atoms with Crippen molar-refractivity contribution in [1.82, 2.24) is 0 Å². The van der Waals surface area contributed by atoms with Gasteiger partial charge in [0.25, 0.3) is 0 Å². The Morgan fingerprint density at radius 2 is 1.33 bits per heavy atom. The van der Waals surface area contributed by atoms with Gasteiger partial charge in [-0.2, -0.15) is 0 Å². The van der Waals surface area contributed by atoms with E-state index in [1.807, 2.05) is 91.0 Å². The lowest BCUT2D eigenvalue weighted by Crippen LogP contribution is -2.15. The quantitative estimate of drug-likeness (QED) is 0.0540. The van der Waals surface area contributed by atoms with Gasteiger partial charge in [-0.25, -0.2) is 0 Å². The zero-order chi connectivity index (χ0) is 35.7. The van der Waals surface area contributed by atoms with Crippen LogP contribution in [0.15, 0.2) is 118 Å². The largest absolute Gasteiger partial charge is 0.512 e. The first-order valence-electron chi connectivity index (χ1n) is 16.3. The lowest BCUT2D eigenvalue weighted by atomic mass is 9.77. The lowest BCUT2D eigenvalue weighted by Gasteiger charge is -2.26. The summed E-state index contributed by atoms with van der Waals surface area (Å²) in [5, 5.41) is 91.6. The van der Waals surface area contributed by atoms with E-state index in [2.05, 4.69) is 0 Å². The summed E-state index contributed by atoms with van der Waals surface area (Å²) in [5.74, 6) is -5.49. The third kappa shape index (κ3) is 4.83. The number of rotatable bonds is 3. The Balaban J connectivity index is 1.51. The van der Waals surface area contributed by atoms with Crippen molar-refractivity contribution < 1.29 is 45.3 Å². The van der Waals surface area contributed by atoms with Crippen LogP contribution >= 0.6 is 0 Å². The van der Waals surface area contributed by atoms with Crippen LogP contribution in [0.4, 0.5) is 0 Å². The summed E-state index contributed by atoms with van der Waals surface area (Å²) in [5.41, 5.74) is 4.61. The summed E-state index contributed by atoms with van der Waals surface area (Å²) in [6.45, 7) is 0. The van der Waals surface area contributed by atoms with Crippen LogP contribution in [-0.2, 0) is 6.42 Å². The molecule has 9 nitrogen and oxygen atoms in total. The van der Waals surface area contributed by atoms with Crippen molar-refractivity contribution in [3.63, 3.8) is 0 Å². The fourth-order valence-corrected chi connectivity index (χ4v) is 7.37. The van der Waals surface area contributed by atoms with Gasteiger partial charge in [0.2, 0.25) is 0 Å². The van der Waals surface area contributed by atoms with Crippen molar-refractivity contribution in [3.05, 3.63) is 131 Å². The number of hydrogen-bond donors (Lipinski definition) is 8. The van der Waals surface area contributed by atoms with E-state index in [1.165, 1.54) is 7.85 Å². The van der Waals surface area contributed by atoms with Gasteiger partial charge in [0.15, 0.2) is 28.8 Å². The van der Waals surface area contributed by atoms with Gasteiger partial charge in [0.05, 0.1) is 5.76 Å².